The van der Waals surface area contributed by atoms with Crippen LogP contribution in [0.15, 0.2) is 28.1 Å². The lowest BCUT2D eigenvalue weighted by Crippen LogP contribution is -2.17. The Kier molecular flexibility index (Phi) is 4.35. The van der Waals surface area contributed by atoms with Crippen LogP contribution in [0.5, 0.6) is 0 Å². The molecule has 0 saturated carbocycles. The van der Waals surface area contributed by atoms with E-state index >= 15 is 0 Å². The van der Waals surface area contributed by atoms with E-state index < -0.39 is 0 Å². The number of nitrogens with one attached hydrogen (secondary N) is 1. The van der Waals surface area contributed by atoms with Gasteiger partial charge in [-0.05, 0) is 40.4 Å². The highest BCUT2D eigenvalue weighted by molar-refractivity contribution is 9.10. The Morgan fingerprint density at radius 1 is 1.59 bits per heavy atom. The van der Waals surface area contributed by atoms with E-state index in [-0.39, 0.29) is 6.04 Å². The lowest BCUT2D eigenvalue weighted by Gasteiger charge is -2.08. The molecule has 2 aromatic heterocycles. The number of thiophene rings is 2. The van der Waals surface area contributed by atoms with Gasteiger partial charge in [-0.2, -0.15) is 5.26 Å². The van der Waals surface area contributed by atoms with Gasteiger partial charge in [0.1, 0.15) is 6.04 Å². The second-order valence-electron chi connectivity index (χ2n) is 3.58. The molecular formula is C12H11BrN2S2. The zero-order chi connectivity index (χ0) is 12.3. The van der Waals surface area contributed by atoms with Crippen molar-refractivity contribution >= 4 is 38.6 Å². The molecule has 0 spiro atoms. The molecule has 1 unspecified atom stereocenters. The minimum atomic E-state index is -0.230. The van der Waals surface area contributed by atoms with Gasteiger partial charge in [-0.15, -0.1) is 22.7 Å². The van der Waals surface area contributed by atoms with Crippen LogP contribution in [0.3, 0.4) is 0 Å². The maximum absolute atomic E-state index is 9.19. The van der Waals surface area contributed by atoms with Gasteiger partial charge in [0.15, 0.2) is 0 Å². The molecule has 2 rings (SSSR count). The largest absolute Gasteiger partial charge is 0.293 e. The van der Waals surface area contributed by atoms with Crippen LogP contribution in [-0.4, -0.2) is 0 Å². The van der Waals surface area contributed by atoms with Crippen LogP contribution in [0.4, 0.5) is 0 Å². The topological polar surface area (TPSA) is 35.8 Å². The minimum absolute atomic E-state index is 0.230. The molecule has 0 aromatic carbocycles. The van der Waals surface area contributed by atoms with Crippen LogP contribution in [0.2, 0.25) is 0 Å². The van der Waals surface area contributed by atoms with Gasteiger partial charge in [-0.25, -0.2) is 0 Å². The van der Waals surface area contributed by atoms with Gasteiger partial charge < -0.3 is 0 Å². The van der Waals surface area contributed by atoms with E-state index in [4.69, 9.17) is 0 Å². The van der Waals surface area contributed by atoms with Crippen molar-refractivity contribution < 1.29 is 0 Å². The van der Waals surface area contributed by atoms with Gasteiger partial charge in [-0.3, -0.25) is 5.32 Å². The molecule has 2 heterocycles. The van der Waals surface area contributed by atoms with Crippen molar-refractivity contribution in [2.75, 3.05) is 0 Å². The molecule has 88 valence electrons. The summed E-state index contributed by atoms with van der Waals surface area (Å²) in [6, 6.07) is 8.19. The van der Waals surface area contributed by atoms with E-state index in [2.05, 4.69) is 33.4 Å². The summed E-state index contributed by atoms with van der Waals surface area (Å²) in [6.07, 6.45) is 0. The smallest absolute Gasteiger partial charge is 0.130 e. The van der Waals surface area contributed by atoms with Crippen LogP contribution < -0.4 is 5.32 Å². The standard InChI is InChI=1S/C12H11BrN2S2/c1-8-10(13)5-12(17-8)11(6-14)15-7-9-3-2-4-16-9/h2-5,11,15H,7H2,1H3. The number of nitriles is 1. The second-order valence-corrected chi connectivity index (χ2v) is 6.75. The highest BCUT2D eigenvalue weighted by Gasteiger charge is 2.14. The Hall–Kier alpha value is -0.670. The van der Waals surface area contributed by atoms with Crippen LogP contribution in [-0.2, 0) is 6.54 Å². The maximum Gasteiger partial charge on any atom is 0.130 e. The lowest BCUT2D eigenvalue weighted by molar-refractivity contribution is 0.644. The summed E-state index contributed by atoms with van der Waals surface area (Å²) in [5.74, 6) is 0. The molecule has 0 bridgehead atoms. The van der Waals surface area contributed by atoms with Gasteiger partial charge in [0, 0.05) is 25.6 Å². The molecule has 17 heavy (non-hydrogen) atoms. The van der Waals surface area contributed by atoms with E-state index in [1.54, 1.807) is 22.7 Å². The predicted octanol–water partition coefficient (Wildman–Crippen LogP) is 4.24. The van der Waals surface area contributed by atoms with E-state index in [0.717, 1.165) is 15.9 Å². The average Bonchev–Trinajstić information content (AvgIpc) is 2.91. The average molecular weight is 327 g/mol. The number of rotatable bonds is 4. The number of hydrogen-bond acceptors (Lipinski definition) is 4. The van der Waals surface area contributed by atoms with E-state index in [9.17, 15) is 5.26 Å². The summed E-state index contributed by atoms with van der Waals surface area (Å²) in [6.45, 7) is 2.79. The first-order valence-electron chi connectivity index (χ1n) is 5.12. The van der Waals surface area contributed by atoms with E-state index in [1.165, 1.54) is 9.75 Å². The van der Waals surface area contributed by atoms with Gasteiger partial charge in [0.2, 0.25) is 0 Å². The summed E-state index contributed by atoms with van der Waals surface area (Å²) in [4.78, 5) is 3.52. The quantitative estimate of drug-likeness (QED) is 0.912. The van der Waals surface area contributed by atoms with Crippen molar-refractivity contribution in [2.45, 2.75) is 19.5 Å². The van der Waals surface area contributed by atoms with Crippen LogP contribution in [0, 0.1) is 18.3 Å². The molecule has 0 aliphatic rings. The fourth-order valence-corrected chi connectivity index (χ4v) is 3.69. The summed E-state index contributed by atoms with van der Waals surface area (Å²) < 4.78 is 1.08. The molecule has 0 amide bonds. The fraction of sp³-hybridized carbons (Fsp3) is 0.250. The highest BCUT2D eigenvalue weighted by Crippen LogP contribution is 2.30. The van der Waals surface area contributed by atoms with Crippen LogP contribution in [0.1, 0.15) is 20.7 Å². The van der Waals surface area contributed by atoms with Gasteiger partial charge in [-0.1, -0.05) is 6.07 Å². The maximum atomic E-state index is 9.19. The number of aryl methyl sites for hydroxylation is 1. The van der Waals surface area contributed by atoms with Crippen molar-refractivity contribution in [3.8, 4) is 6.07 Å². The SMILES string of the molecule is Cc1sc(C(C#N)NCc2cccs2)cc1Br. The lowest BCUT2D eigenvalue weighted by atomic mass is 10.2. The number of hydrogen-bond donors (Lipinski definition) is 1. The summed E-state index contributed by atoms with van der Waals surface area (Å²) in [7, 11) is 0. The Balaban J connectivity index is 2.04. The Morgan fingerprint density at radius 3 is 2.94 bits per heavy atom. The molecule has 2 aromatic rings. The van der Waals surface area contributed by atoms with Gasteiger partial charge in [0.25, 0.3) is 0 Å². The van der Waals surface area contributed by atoms with Crippen molar-refractivity contribution in [2.24, 2.45) is 0 Å². The normalized spacial score (nSPS) is 12.3. The monoisotopic (exact) mass is 326 g/mol. The third kappa shape index (κ3) is 3.17. The van der Waals surface area contributed by atoms with E-state index in [0.29, 0.717) is 0 Å². The first kappa shape index (κ1) is 12.8. The zero-order valence-corrected chi connectivity index (χ0v) is 12.5. The summed E-state index contributed by atoms with van der Waals surface area (Å²) in [5.41, 5.74) is 0. The number of halogens is 1. The highest BCUT2D eigenvalue weighted by atomic mass is 79.9. The summed E-state index contributed by atoms with van der Waals surface area (Å²) >= 11 is 6.84. The fourth-order valence-electron chi connectivity index (χ4n) is 1.45. The van der Waals surface area contributed by atoms with Crippen molar-refractivity contribution in [1.82, 2.24) is 5.32 Å². The van der Waals surface area contributed by atoms with Gasteiger partial charge in [0.05, 0.1) is 6.07 Å². The first-order chi connectivity index (χ1) is 8.20. The third-order valence-electron chi connectivity index (χ3n) is 2.35. The minimum Gasteiger partial charge on any atom is -0.293 e. The molecule has 0 saturated heterocycles. The third-order valence-corrected chi connectivity index (χ3v) is 5.43. The molecule has 0 fully saturated rings. The number of nitrogens with zero attached hydrogens (tertiary/aromatic N) is 1. The Labute approximate surface area is 117 Å². The molecule has 2 nitrogen and oxygen atoms in total. The second kappa shape index (κ2) is 5.78. The zero-order valence-electron chi connectivity index (χ0n) is 9.24. The van der Waals surface area contributed by atoms with Crippen molar-refractivity contribution in [3.63, 3.8) is 0 Å². The van der Waals surface area contributed by atoms with E-state index in [1.807, 2.05) is 24.4 Å². The first-order valence-corrected chi connectivity index (χ1v) is 7.61. The molecule has 0 aliphatic carbocycles. The molecule has 5 heteroatoms. The van der Waals surface area contributed by atoms with Crippen molar-refractivity contribution in [1.29, 1.82) is 5.26 Å². The van der Waals surface area contributed by atoms with Crippen molar-refractivity contribution in [3.05, 3.63) is 42.7 Å². The predicted molar refractivity (Wildman–Crippen MR) is 76.3 cm³/mol. The molecule has 1 N–H and O–H groups in total. The summed E-state index contributed by atoms with van der Waals surface area (Å²) in [5, 5.41) is 14.5. The Bertz CT molecular complexity index is 506. The molecule has 0 aliphatic heterocycles. The molecule has 1 atom stereocenters. The Morgan fingerprint density at radius 2 is 2.41 bits per heavy atom. The molecular weight excluding hydrogens is 316 g/mol. The molecule has 0 radical (unpaired) electrons. The van der Waals surface area contributed by atoms with Gasteiger partial charge >= 0.3 is 0 Å². The van der Waals surface area contributed by atoms with Crippen LogP contribution >= 0.6 is 38.6 Å². The van der Waals surface area contributed by atoms with Crippen LogP contribution in [0.25, 0.3) is 0 Å².